The summed E-state index contributed by atoms with van der Waals surface area (Å²) in [6.07, 6.45) is 0. The fraction of sp³-hybridized carbons (Fsp3) is 0.167. The molecule has 136 valence electrons. The molecule has 0 unspecified atom stereocenters. The number of hydrogen-bond donors (Lipinski definition) is 1. The normalized spacial score (nSPS) is 10.2. The largest absolute Gasteiger partial charge is 0.494 e. The summed E-state index contributed by atoms with van der Waals surface area (Å²) < 4.78 is 23.5. The second-order valence-electron chi connectivity index (χ2n) is 5.10. The minimum atomic E-state index is -0.722. The third-order valence-electron chi connectivity index (χ3n) is 3.29. The third kappa shape index (κ3) is 5.06. The molecule has 2 rings (SSSR count). The van der Waals surface area contributed by atoms with E-state index in [-0.39, 0.29) is 22.6 Å². The summed E-state index contributed by atoms with van der Waals surface area (Å²) in [6.45, 7) is -0.542. The van der Waals surface area contributed by atoms with Crippen LogP contribution in [0.5, 0.6) is 5.75 Å². The lowest BCUT2D eigenvalue weighted by atomic mass is 10.1. The van der Waals surface area contributed by atoms with Gasteiger partial charge in [-0.1, -0.05) is 12.1 Å². The van der Waals surface area contributed by atoms with Gasteiger partial charge in [-0.05, 0) is 30.3 Å². The van der Waals surface area contributed by atoms with E-state index in [1.54, 1.807) is 18.2 Å². The highest BCUT2D eigenvalue weighted by Gasteiger charge is 2.17. The molecule has 0 saturated carbocycles. The molecule has 2 aromatic rings. The van der Waals surface area contributed by atoms with Gasteiger partial charge in [0, 0.05) is 10.5 Å². The van der Waals surface area contributed by atoms with E-state index in [9.17, 15) is 18.8 Å². The number of thioether (sulfide) groups is 1. The van der Waals surface area contributed by atoms with Crippen molar-refractivity contribution >= 4 is 29.4 Å². The number of carbonyl (C=O) groups is 3. The van der Waals surface area contributed by atoms with Crippen molar-refractivity contribution in [1.82, 2.24) is 0 Å². The van der Waals surface area contributed by atoms with Crippen LogP contribution in [0.1, 0.15) is 20.7 Å². The number of hydrogen-bond acceptors (Lipinski definition) is 6. The van der Waals surface area contributed by atoms with E-state index in [1.807, 2.05) is 0 Å². The molecule has 0 heterocycles. The van der Waals surface area contributed by atoms with Crippen molar-refractivity contribution < 1.29 is 28.2 Å². The Morgan fingerprint density at radius 3 is 2.54 bits per heavy atom. The molecule has 0 radical (unpaired) electrons. The van der Waals surface area contributed by atoms with Gasteiger partial charge in [0.05, 0.1) is 18.4 Å². The van der Waals surface area contributed by atoms with Crippen LogP contribution in [0.4, 0.5) is 4.39 Å². The number of benzene rings is 2. The second kappa shape index (κ2) is 9.00. The lowest BCUT2D eigenvalue weighted by molar-refractivity contribution is -0.115. The van der Waals surface area contributed by atoms with Crippen molar-refractivity contribution in [2.75, 3.05) is 19.5 Å². The molecule has 0 aliphatic carbocycles. The zero-order valence-electron chi connectivity index (χ0n) is 13.9. The lowest BCUT2D eigenvalue weighted by Crippen LogP contribution is -2.16. The maximum atomic E-state index is 13.7. The van der Waals surface area contributed by atoms with E-state index in [1.165, 1.54) is 25.3 Å². The smallest absolute Gasteiger partial charge is 0.339 e. The van der Waals surface area contributed by atoms with Crippen molar-refractivity contribution in [3.63, 3.8) is 0 Å². The molecular formula is C18H16FNO5S. The number of carbonyl (C=O) groups excluding carboxylic acids is 3. The minimum Gasteiger partial charge on any atom is -0.494 e. The quantitative estimate of drug-likeness (QED) is 0.431. The molecule has 6 nitrogen and oxygen atoms in total. The van der Waals surface area contributed by atoms with Crippen LogP contribution in [-0.2, 0) is 9.53 Å². The molecule has 2 aromatic carbocycles. The highest BCUT2D eigenvalue weighted by atomic mass is 32.2. The zero-order chi connectivity index (χ0) is 19.1. The van der Waals surface area contributed by atoms with Crippen molar-refractivity contribution in [2.45, 2.75) is 4.90 Å². The molecule has 0 spiro atoms. The highest BCUT2D eigenvalue weighted by Crippen LogP contribution is 2.23. The maximum absolute atomic E-state index is 13.7. The molecule has 2 N–H and O–H groups in total. The van der Waals surface area contributed by atoms with Gasteiger partial charge in [-0.25, -0.2) is 9.18 Å². The van der Waals surface area contributed by atoms with Crippen LogP contribution in [0.15, 0.2) is 47.4 Å². The van der Waals surface area contributed by atoms with Gasteiger partial charge >= 0.3 is 5.97 Å². The number of primary amides is 1. The lowest BCUT2D eigenvalue weighted by Gasteiger charge is -2.09. The number of nitrogens with two attached hydrogens (primary N) is 1. The topological polar surface area (TPSA) is 95.7 Å². The Bertz CT molecular complexity index is 840. The predicted octanol–water partition coefficient (Wildman–Crippen LogP) is 2.45. The van der Waals surface area contributed by atoms with Crippen molar-refractivity contribution in [2.24, 2.45) is 5.73 Å². The minimum absolute atomic E-state index is 0.00828. The van der Waals surface area contributed by atoms with E-state index < -0.39 is 30.1 Å². The summed E-state index contributed by atoms with van der Waals surface area (Å²) in [5, 5.41) is 0. The van der Waals surface area contributed by atoms with E-state index in [0.717, 1.165) is 17.8 Å². The first-order chi connectivity index (χ1) is 12.4. The molecule has 1 amide bonds. The molecule has 26 heavy (non-hydrogen) atoms. The Morgan fingerprint density at radius 1 is 1.15 bits per heavy atom. The molecular weight excluding hydrogens is 361 g/mol. The summed E-state index contributed by atoms with van der Waals surface area (Å²) in [7, 11) is 1.31. The third-order valence-corrected chi connectivity index (χ3v) is 4.38. The van der Waals surface area contributed by atoms with Crippen molar-refractivity contribution in [3.05, 3.63) is 59.4 Å². The summed E-state index contributed by atoms with van der Waals surface area (Å²) in [6, 6.07) is 10.2. The van der Waals surface area contributed by atoms with E-state index in [0.29, 0.717) is 4.90 Å². The average molecular weight is 377 g/mol. The highest BCUT2D eigenvalue weighted by molar-refractivity contribution is 8.00. The zero-order valence-corrected chi connectivity index (χ0v) is 14.7. The van der Waals surface area contributed by atoms with E-state index in [4.69, 9.17) is 15.2 Å². The first-order valence-corrected chi connectivity index (χ1v) is 8.45. The summed E-state index contributed by atoms with van der Waals surface area (Å²) in [4.78, 5) is 35.7. The van der Waals surface area contributed by atoms with Gasteiger partial charge in [-0.3, -0.25) is 9.59 Å². The molecule has 0 bridgehead atoms. The van der Waals surface area contributed by atoms with Gasteiger partial charge in [0.15, 0.2) is 24.0 Å². The summed E-state index contributed by atoms with van der Waals surface area (Å²) in [5.41, 5.74) is 5.38. The van der Waals surface area contributed by atoms with Crippen LogP contribution >= 0.6 is 11.8 Å². The fourth-order valence-electron chi connectivity index (χ4n) is 2.04. The SMILES string of the molecule is COc1ccc(C(=O)COC(=O)c2ccccc2SCC(N)=O)cc1F. The van der Waals surface area contributed by atoms with Gasteiger partial charge in [0.2, 0.25) is 5.91 Å². The van der Waals surface area contributed by atoms with Crippen LogP contribution in [0, 0.1) is 5.82 Å². The van der Waals surface area contributed by atoms with Crippen LogP contribution < -0.4 is 10.5 Å². The number of rotatable bonds is 8. The summed E-state index contributed by atoms with van der Waals surface area (Å²) in [5.74, 6) is -2.46. The molecule has 0 aliphatic rings. The van der Waals surface area contributed by atoms with Crippen LogP contribution in [0.3, 0.4) is 0 Å². The van der Waals surface area contributed by atoms with Crippen LogP contribution in [-0.4, -0.2) is 37.1 Å². The molecule has 8 heteroatoms. The Kier molecular flexibility index (Phi) is 6.74. The van der Waals surface area contributed by atoms with Crippen molar-refractivity contribution in [3.8, 4) is 5.75 Å². The van der Waals surface area contributed by atoms with Crippen molar-refractivity contribution in [1.29, 1.82) is 0 Å². The number of halogens is 1. The molecule has 0 aliphatic heterocycles. The predicted molar refractivity (Wildman–Crippen MR) is 93.9 cm³/mol. The van der Waals surface area contributed by atoms with Gasteiger partial charge < -0.3 is 15.2 Å². The van der Waals surface area contributed by atoms with E-state index >= 15 is 0 Å². The Balaban J connectivity index is 2.03. The molecule has 0 atom stereocenters. The average Bonchev–Trinajstić information content (AvgIpc) is 2.64. The summed E-state index contributed by atoms with van der Waals surface area (Å²) >= 11 is 1.10. The molecule has 0 fully saturated rings. The number of amides is 1. The van der Waals surface area contributed by atoms with Crippen LogP contribution in [0.25, 0.3) is 0 Å². The van der Waals surface area contributed by atoms with Gasteiger partial charge in [-0.2, -0.15) is 0 Å². The fourth-order valence-corrected chi connectivity index (χ4v) is 2.82. The Morgan fingerprint density at radius 2 is 1.88 bits per heavy atom. The second-order valence-corrected chi connectivity index (χ2v) is 6.12. The number of ketones is 1. The van der Waals surface area contributed by atoms with Gasteiger partial charge in [-0.15, -0.1) is 11.8 Å². The number of ether oxygens (including phenoxy) is 2. The standard InChI is InChI=1S/C18H16FNO5S/c1-24-15-7-6-11(8-13(15)19)14(21)9-25-18(23)12-4-2-3-5-16(12)26-10-17(20)22/h2-8H,9-10H2,1H3,(H2,20,22). The molecule has 0 aromatic heterocycles. The number of Topliss-reactive ketones (excluding diaryl/α,β-unsaturated/α-hetero) is 1. The van der Waals surface area contributed by atoms with Gasteiger partial charge in [0.1, 0.15) is 0 Å². The van der Waals surface area contributed by atoms with Gasteiger partial charge in [0.25, 0.3) is 0 Å². The Labute approximate surface area is 153 Å². The van der Waals surface area contributed by atoms with Crippen LogP contribution in [0.2, 0.25) is 0 Å². The molecule has 0 saturated heterocycles. The van der Waals surface area contributed by atoms with E-state index in [2.05, 4.69) is 0 Å². The maximum Gasteiger partial charge on any atom is 0.339 e. The number of esters is 1. The number of methoxy groups -OCH3 is 1. The Hall–Kier alpha value is -2.87. The first kappa shape index (κ1) is 19.5. The monoisotopic (exact) mass is 377 g/mol. The first-order valence-electron chi connectivity index (χ1n) is 7.46.